The second-order valence-corrected chi connectivity index (χ2v) is 6.33. The molecule has 20 heavy (non-hydrogen) atoms. The quantitative estimate of drug-likeness (QED) is 0.686. The summed E-state index contributed by atoms with van der Waals surface area (Å²) in [7, 11) is 0. The van der Waals surface area contributed by atoms with Gasteiger partial charge in [-0.15, -0.1) is 11.3 Å². The Hall–Kier alpha value is -1.94. The van der Waals surface area contributed by atoms with E-state index >= 15 is 0 Å². The van der Waals surface area contributed by atoms with Crippen molar-refractivity contribution in [2.75, 3.05) is 0 Å². The Balaban J connectivity index is 1.94. The van der Waals surface area contributed by atoms with Gasteiger partial charge < -0.3 is 0 Å². The summed E-state index contributed by atoms with van der Waals surface area (Å²) in [6.45, 7) is 2.89. The summed E-state index contributed by atoms with van der Waals surface area (Å²) in [5.74, 6) is 0.941. The average Bonchev–Trinajstić information content (AvgIpc) is 3.06. The second-order valence-electron chi connectivity index (χ2n) is 5.28. The largest absolute Gasteiger partial charge is 0.295 e. The molecule has 0 N–H and O–H groups in total. The maximum atomic E-state index is 12.5. The first-order chi connectivity index (χ1) is 9.72. The van der Waals surface area contributed by atoms with Gasteiger partial charge in [0.25, 0.3) is 5.56 Å². The molecule has 0 saturated heterocycles. The molecule has 0 unspecified atom stereocenters. The van der Waals surface area contributed by atoms with E-state index in [2.05, 4.69) is 36.2 Å². The number of benzene rings is 1. The summed E-state index contributed by atoms with van der Waals surface area (Å²) in [6.07, 6.45) is 1.95. The molecule has 0 radical (unpaired) electrons. The third kappa shape index (κ3) is 1.72. The van der Waals surface area contributed by atoms with E-state index in [0.717, 1.165) is 45.9 Å². The van der Waals surface area contributed by atoms with Crippen molar-refractivity contribution in [1.29, 1.82) is 0 Å². The third-order valence-electron chi connectivity index (χ3n) is 3.83. The Kier molecular flexibility index (Phi) is 2.54. The fourth-order valence-electron chi connectivity index (χ4n) is 2.73. The minimum atomic E-state index is 0.130. The first-order valence-electron chi connectivity index (χ1n) is 6.83. The van der Waals surface area contributed by atoms with Crippen LogP contribution in [-0.4, -0.2) is 9.55 Å². The van der Waals surface area contributed by atoms with Gasteiger partial charge in [0.05, 0.1) is 5.52 Å². The van der Waals surface area contributed by atoms with Crippen LogP contribution < -0.4 is 5.56 Å². The molecule has 0 atom stereocenters. The Bertz CT molecular complexity index is 859. The van der Waals surface area contributed by atoms with Crippen molar-refractivity contribution in [3.05, 3.63) is 52.1 Å². The van der Waals surface area contributed by atoms with Gasteiger partial charge in [0, 0.05) is 17.8 Å². The van der Waals surface area contributed by atoms with Crippen LogP contribution in [-0.2, 0) is 13.0 Å². The summed E-state index contributed by atoms with van der Waals surface area (Å²) in [6, 6.07) is 10.4. The fourth-order valence-corrected chi connectivity index (χ4v) is 3.78. The molecule has 0 bridgehead atoms. The van der Waals surface area contributed by atoms with Gasteiger partial charge in [-0.3, -0.25) is 9.36 Å². The highest BCUT2D eigenvalue weighted by molar-refractivity contribution is 7.22. The number of aromatic nitrogens is 2. The summed E-state index contributed by atoms with van der Waals surface area (Å²) < 4.78 is 2.61. The van der Waals surface area contributed by atoms with Gasteiger partial charge in [-0.25, -0.2) is 4.98 Å². The number of hydrogen-bond acceptors (Lipinski definition) is 3. The molecule has 1 aliphatic rings. The van der Waals surface area contributed by atoms with E-state index in [1.807, 2.05) is 10.6 Å². The molecule has 0 amide bonds. The maximum Gasteiger partial charge on any atom is 0.271 e. The molecule has 2 aromatic heterocycles. The van der Waals surface area contributed by atoms with Crippen LogP contribution in [0, 0.1) is 6.92 Å². The average molecular weight is 282 g/mol. The normalized spacial score (nSPS) is 13.8. The lowest BCUT2D eigenvalue weighted by Gasteiger charge is -2.00. The van der Waals surface area contributed by atoms with Crippen LogP contribution in [0.2, 0.25) is 0 Å². The van der Waals surface area contributed by atoms with Crippen LogP contribution >= 0.6 is 11.3 Å². The molecule has 0 aliphatic carbocycles. The van der Waals surface area contributed by atoms with Crippen LogP contribution in [0.4, 0.5) is 0 Å². The van der Waals surface area contributed by atoms with Gasteiger partial charge in [0.2, 0.25) is 0 Å². The topological polar surface area (TPSA) is 34.9 Å². The number of fused-ring (bicyclic) bond motifs is 2. The van der Waals surface area contributed by atoms with E-state index < -0.39 is 0 Å². The lowest BCUT2D eigenvalue weighted by molar-refractivity contribution is 0.720. The highest BCUT2D eigenvalue weighted by Crippen LogP contribution is 2.31. The molecule has 1 aromatic carbocycles. The van der Waals surface area contributed by atoms with Crippen molar-refractivity contribution in [3.63, 3.8) is 0 Å². The Morgan fingerprint density at radius 3 is 2.85 bits per heavy atom. The molecule has 4 heteroatoms. The smallest absolute Gasteiger partial charge is 0.271 e. The van der Waals surface area contributed by atoms with Crippen LogP contribution in [0.25, 0.3) is 20.7 Å². The van der Waals surface area contributed by atoms with Crippen molar-refractivity contribution in [1.82, 2.24) is 9.55 Å². The third-order valence-corrected chi connectivity index (χ3v) is 4.99. The monoisotopic (exact) mass is 282 g/mol. The van der Waals surface area contributed by atoms with Gasteiger partial charge in [-0.05, 0) is 25.0 Å². The molecule has 100 valence electrons. The highest BCUT2D eigenvalue weighted by atomic mass is 32.1. The summed E-state index contributed by atoms with van der Waals surface area (Å²) in [5, 5.41) is 0. The molecule has 4 rings (SSSR count). The molecular formula is C16H14N2OS. The number of hydrogen-bond donors (Lipinski definition) is 0. The molecule has 1 aliphatic heterocycles. The SMILES string of the molecule is Cc1ccc(-c2cc3nc4n(c(=O)c3s2)CCC4)cc1. The number of aryl methyl sites for hydroxylation is 2. The van der Waals surface area contributed by atoms with Crippen molar-refractivity contribution in [3.8, 4) is 10.4 Å². The molecule has 0 spiro atoms. The van der Waals surface area contributed by atoms with Gasteiger partial charge in [0.1, 0.15) is 10.5 Å². The highest BCUT2D eigenvalue weighted by Gasteiger charge is 2.18. The number of rotatable bonds is 1. The number of nitrogens with zero attached hydrogens (tertiary/aromatic N) is 2. The Morgan fingerprint density at radius 2 is 2.05 bits per heavy atom. The summed E-state index contributed by atoms with van der Waals surface area (Å²) in [4.78, 5) is 18.2. The van der Waals surface area contributed by atoms with Gasteiger partial charge in [-0.1, -0.05) is 29.8 Å². The first-order valence-corrected chi connectivity index (χ1v) is 7.64. The van der Waals surface area contributed by atoms with Gasteiger partial charge in [0.15, 0.2) is 0 Å². The lowest BCUT2D eigenvalue weighted by atomic mass is 10.1. The zero-order valence-electron chi connectivity index (χ0n) is 11.2. The van der Waals surface area contributed by atoms with E-state index in [0.29, 0.717) is 0 Å². The fraction of sp³-hybridized carbons (Fsp3) is 0.250. The van der Waals surface area contributed by atoms with Crippen molar-refractivity contribution in [2.45, 2.75) is 26.3 Å². The first kappa shape index (κ1) is 11.9. The Morgan fingerprint density at radius 1 is 1.25 bits per heavy atom. The van der Waals surface area contributed by atoms with Crippen molar-refractivity contribution in [2.24, 2.45) is 0 Å². The van der Waals surface area contributed by atoms with E-state index in [4.69, 9.17) is 0 Å². The molecule has 0 fully saturated rings. The van der Waals surface area contributed by atoms with E-state index in [-0.39, 0.29) is 5.56 Å². The Labute approximate surface area is 120 Å². The summed E-state index contributed by atoms with van der Waals surface area (Å²) in [5.41, 5.74) is 3.38. The predicted octanol–water partition coefficient (Wildman–Crippen LogP) is 3.38. The van der Waals surface area contributed by atoms with Crippen LogP contribution in [0.3, 0.4) is 0 Å². The lowest BCUT2D eigenvalue weighted by Crippen LogP contribution is -2.19. The van der Waals surface area contributed by atoms with Crippen LogP contribution in [0.5, 0.6) is 0 Å². The molecular weight excluding hydrogens is 268 g/mol. The van der Waals surface area contributed by atoms with Crippen LogP contribution in [0.1, 0.15) is 17.8 Å². The van der Waals surface area contributed by atoms with E-state index in [1.165, 1.54) is 5.56 Å². The van der Waals surface area contributed by atoms with Crippen LogP contribution in [0.15, 0.2) is 35.1 Å². The second kappa shape index (κ2) is 4.28. The minimum absolute atomic E-state index is 0.130. The van der Waals surface area contributed by atoms with E-state index in [9.17, 15) is 4.79 Å². The maximum absolute atomic E-state index is 12.5. The van der Waals surface area contributed by atoms with Crippen molar-refractivity contribution >= 4 is 21.6 Å². The minimum Gasteiger partial charge on any atom is -0.295 e. The van der Waals surface area contributed by atoms with Crippen molar-refractivity contribution < 1.29 is 0 Å². The molecule has 3 aromatic rings. The molecule has 3 nitrogen and oxygen atoms in total. The zero-order valence-corrected chi connectivity index (χ0v) is 12.0. The zero-order chi connectivity index (χ0) is 13.7. The van der Waals surface area contributed by atoms with Gasteiger partial charge in [-0.2, -0.15) is 0 Å². The predicted molar refractivity (Wildman–Crippen MR) is 82.4 cm³/mol. The number of thiophene rings is 1. The summed E-state index contributed by atoms with van der Waals surface area (Å²) >= 11 is 1.55. The molecule has 0 saturated carbocycles. The molecule has 3 heterocycles. The van der Waals surface area contributed by atoms with Gasteiger partial charge >= 0.3 is 0 Å². The standard InChI is InChI=1S/C16H14N2OS/c1-10-4-6-11(7-5-10)13-9-12-15(20-13)16(19)18-8-2-3-14(18)17-12/h4-7,9H,2-3,8H2,1H3. The van der Waals surface area contributed by atoms with E-state index in [1.54, 1.807) is 11.3 Å².